The Balaban J connectivity index is 1.84. The van der Waals surface area contributed by atoms with E-state index in [1.54, 1.807) is 36.2 Å². The third kappa shape index (κ3) is 4.96. The average Bonchev–Trinajstić information content (AvgIpc) is 3.22. The maximum Gasteiger partial charge on any atom is 0.238 e. The molecule has 2 rings (SSSR count). The summed E-state index contributed by atoms with van der Waals surface area (Å²) in [6.45, 7) is 1.72. The maximum atomic E-state index is 12.0. The summed E-state index contributed by atoms with van der Waals surface area (Å²) in [5, 5.41) is 5.59. The molecular weight excluding hydrogens is 282 g/mol. The Morgan fingerprint density at radius 1 is 1.14 bits per heavy atom. The first-order valence-electron chi connectivity index (χ1n) is 7.33. The van der Waals surface area contributed by atoms with Gasteiger partial charge in [0, 0.05) is 11.6 Å². The van der Waals surface area contributed by atoms with Crippen LogP contribution < -0.4 is 10.6 Å². The lowest BCUT2D eigenvalue weighted by atomic mass is 10.1. The second-order valence-corrected chi connectivity index (χ2v) is 5.66. The van der Waals surface area contributed by atoms with Gasteiger partial charge in [0.15, 0.2) is 5.78 Å². The van der Waals surface area contributed by atoms with Gasteiger partial charge in [-0.1, -0.05) is 12.1 Å². The topological polar surface area (TPSA) is 78.5 Å². The van der Waals surface area contributed by atoms with Crippen LogP contribution >= 0.6 is 0 Å². The predicted molar refractivity (Wildman–Crippen MR) is 83.7 cm³/mol. The maximum absolute atomic E-state index is 12.0. The number of nitrogens with one attached hydrogen (secondary N) is 2. The lowest BCUT2D eigenvalue weighted by Gasteiger charge is -2.16. The Kier molecular flexibility index (Phi) is 5.27. The molecule has 0 atom stereocenters. The molecule has 1 aromatic carbocycles. The molecule has 2 amide bonds. The van der Waals surface area contributed by atoms with Gasteiger partial charge in [-0.15, -0.1) is 0 Å². The van der Waals surface area contributed by atoms with E-state index in [0.717, 1.165) is 12.8 Å². The number of hydrogen-bond acceptors (Lipinski definition) is 4. The highest BCUT2D eigenvalue weighted by atomic mass is 16.2. The molecular formula is C16H21N3O3. The number of ketones is 1. The molecule has 0 unspecified atom stereocenters. The molecule has 0 aromatic heterocycles. The highest BCUT2D eigenvalue weighted by Gasteiger charge is 2.23. The Morgan fingerprint density at radius 2 is 1.77 bits per heavy atom. The van der Waals surface area contributed by atoms with E-state index in [2.05, 4.69) is 10.6 Å². The first-order chi connectivity index (χ1) is 10.5. The van der Waals surface area contributed by atoms with Crippen molar-refractivity contribution in [1.82, 2.24) is 10.2 Å². The quantitative estimate of drug-likeness (QED) is 0.738. The van der Waals surface area contributed by atoms with Crippen molar-refractivity contribution in [3.63, 3.8) is 0 Å². The number of nitrogens with zero attached hydrogens (tertiary/aromatic N) is 1. The van der Waals surface area contributed by atoms with Gasteiger partial charge < -0.3 is 10.6 Å². The smallest absolute Gasteiger partial charge is 0.238 e. The van der Waals surface area contributed by atoms with E-state index in [-0.39, 0.29) is 30.7 Å². The zero-order valence-corrected chi connectivity index (χ0v) is 12.9. The molecule has 1 saturated carbocycles. The van der Waals surface area contributed by atoms with Crippen molar-refractivity contribution >= 4 is 23.3 Å². The Labute approximate surface area is 129 Å². The third-order valence-electron chi connectivity index (χ3n) is 3.35. The molecule has 6 heteroatoms. The Bertz CT molecular complexity index is 582. The summed E-state index contributed by atoms with van der Waals surface area (Å²) >= 11 is 0. The summed E-state index contributed by atoms with van der Waals surface area (Å²) in [5.41, 5.74) is 0.973. The van der Waals surface area contributed by atoms with Crippen LogP contribution in [0.1, 0.15) is 30.1 Å². The molecule has 1 aromatic rings. The fraction of sp³-hybridized carbons (Fsp3) is 0.438. The van der Waals surface area contributed by atoms with E-state index < -0.39 is 0 Å². The van der Waals surface area contributed by atoms with Crippen LogP contribution in [0.15, 0.2) is 24.3 Å². The SMILES string of the molecule is CC(=O)c1ccccc1NC(=O)CN(C)CC(=O)NC1CC1. The first kappa shape index (κ1) is 16.2. The van der Waals surface area contributed by atoms with Gasteiger partial charge in [0.2, 0.25) is 11.8 Å². The lowest BCUT2D eigenvalue weighted by molar-refractivity contribution is -0.123. The van der Waals surface area contributed by atoms with Gasteiger partial charge >= 0.3 is 0 Å². The van der Waals surface area contributed by atoms with Crippen molar-refractivity contribution < 1.29 is 14.4 Å². The standard InChI is InChI=1S/C16H21N3O3/c1-11(20)13-5-3-4-6-14(13)18-16(22)10-19(2)9-15(21)17-12-7-8-12/h3-6,12H,7-10H2,1-2H3,(H,17,21)(H,18,22). The van der Waals surface area contributed by atoms with Gasteiger partial charge in [-0.25, -0.2) is 0 Å². The molecule has 0 bridgehead atoms. The number of carbonyl (C=O) groups is 3. The largest absolute Gasteiger partial charge is 0.352 e. The molecule has 0 saturated heterocycles. The molecule has 0 spiro atoms. The van der Waals surface area contributed by atoms with Gasteiger partial charge in [0.05, 0.1) is 18.8 Å². The first-order valence-corrected chi connectivity index (χ1v) is 7.33. The number of para-hydroxylation sites is 1. The third-order valence-corrected chi connectivity index (χ3v) is 3.35. The van der Waals surface area contributed by atoms with E-state index in [1.165, 1.54) is 6.92 Å². The lowest BCUT2D eigenvalue weighted by Crippen LogP contribution is -2.39. The molecule has 0 radical (unpaired) electrons. The molecule has 0 heterocycles. The van der Waals surface area contributed by atoms with Crippen molar-refractivity contribution in [2.24, 2.45) is 0 Å². The molecule has 22 heavy (non-hydrogen) atoms. The van der Waals surface area contributed by atoms with Crippen LogP contribution in [0, 0.1) is 0 Å². The summed E-state index contributed by atoms with van der Waals surface area (Å²) in [7, 11) is 1.71. The van der Waals surface area contributed by atoms with Gasteiger partial charge in [0.1, 0.15) is 0 Å². The molecule has 2 N–H and O–H groups in total. The zero-order valence-electron chi connectivity index (χ0n) is 12.9. The van der Waals surface area contributed by atoms with E-state index >= 15 is 0 Å². The van der Waals surface area contributed by atoms with Gasteiger partial charge in [-0.05, 0) is 38.9 Å². The summed E-state index contributed by atoms with van der Waals surface area (Å²) in [6.07, 6.45) is 2.08. The Morgan fingerprint density at radius 3 is 2.41 bits per heavy atom. The van der Waals surface area contributed by atoms with Gasteiger partial charge in [-0.3, -0.25) is 19.3 Å². The molecule has 1 aliphatic carbocycles. The van der Waals surface area contributed by atoms with Crippen LogP contribution in [0.2, 0.25) is 0 Å². The van der Waals surface area contributed by atoms with E-state index in [9.17, 15) is 14.4 Å². The number of Topliss-reactive ketones (excluding diaryl/α,β-unsaturated/α-hetero) is 1. The van der Waals surface area contributed by atoms with Crippen LogP contribution in [0.25, 0.3) is 0 Å². The number of likely N-dealkylation sites (N-methyl/N-ethyl adjacent to an activating group) is 1. The average molecular weight is 303 g/mol. The van der Waals surface area contributed by atoms with Crippen molar-refractivity contribution in [1.29, 1.82) is 0 Å². The minimum atomic E-state index is -0.254. The number of rotatable bonds is 7. The van der Waals surface area contributed by atoms with Crippen LogP contribution in [-0.2, 0) is 9.59 Å². The molecule has 6 nitrogen and oxygen atoms in total. The minimum Gasteiger partial charge on any atom is -0.352 e. The number of anilines is 1. The van der Waals surface area contributed by atoms with Crippen LogP contribution in [0.5, 0.6) is 0 Å². The number of amides is 2. The molecule has 1 fully saturated rings. The molecule has 118 valence electrons. The second-order valence-electron chi connectivity index (χ2n) is 5.66. The second kappa shape index (κ2) is 7.17. The summed E-state index contributed by atoms with van der Waals surface area (Å²) < 4.78 is 0. The van der Waals surface area contributed by atoms with Crippen molar-refractivity contribution in [2.45, 2.75) is 25.8 Å². The highest BCUT2D eigenvalue weighted by molar-refractivity contribution is 6.04. The highest BCUT2D eigenvalue weighted by Crippen LogP contribution is 2.18. The van der Waals surface area contributed by atoms with Crippen molar-refractivity contribution in [3.8, 4) is 0 Å². The van der Waals surface area contributed by atoms with Gasteiger partial charge in [-0.2, -0.15) is 0 Å². The van der Waals surface area contributed by atoms with E-state index in [4.69, 9.17) is 0 Å². The number of carbonyl (C=O) groups excluding carboxylic acids is 3. The van der Waals surface area contributed by atoms with Crippen molar-refractivity contribution in [2.75, 3.05) is 25.5 Å². The van der Waals surface area contributed by atoms with Crippen LogP contribution in [0.4, 0.5) is 5.69 Å². The minimum absolute atomic E-state index is 0.0677. The van der Waals surface area contributed by atoms with E-state index in [0.29, 0.717) is 17.3 Å². The fourth-order valence-electron chi connectivity index (χ4n) is 2.14. The van der Waals surface area contributed by atoms with Crippen LogP contribution in [0.3, 0.4) is 0 Å². The Hall–Kier alpha value is -2.21. The molecule has 0 aliphatic heterocycles. The summed E-state index contributed by atoms with van der Waals surface area (Å²) in [6, 6.07) is 7.19. The molecule has 1 aliphatic rings. The van der Waals surface area contributed by atoms with Crippen molar-refractivity contribution in [3.05, 3.63) is 29.8 Å². The van der Waals surface area contributed by atoms with Crippen LogP contribution in [-0.4, -0.2) is 48.7 Å². The fourth-order valence-corrected chi connectivity index (χ4v) is 2.14. The zero-order chi connectivity index (χ0) is 16.1. The normalized spacial score (nSPS) is 13.8. The number of hydrogen-bond donors (Lipinski definition) is 2. The summed E-state index contributed by atoms with van der Waals surface area (Å²) in [4.78, 5) is 36.8. The predicted octanol–water partition coefficient (Wildman–Crippen LogP) is 1.04. The van der Waals surface area contributed by atoms with Gasteiger partial charge in [0.25, 0.3) is 0 Å². The monoisotopic (exact) mass is 303 g/mol. The summed E-state index contributed by atoms with van der Waals surface area (Å²) in [5.74, 6) is -0.426. The van der Waals surface area contributed by atoms with E-state index in [1.807, 2.05) is 0 Å². The number of benzene rings is 1.